The molecule has 0 fully saturated rings. The number of hydrogen-bond donors (Lipinski definition) is 3. The topological polar surface area (TPSA) is 122 Å². The van der Waals surface area contributed by atoms with E-state index in [2.05, 4.69) is 5.32 Å². The maximum atomic E-state index is 15.0. The van der Waals surface area contributed by atoms with Crippen molar-refractivity contribution in [2.45, 2.75) is 83.6 Å². The minimum Gasteiger partial charge on any atom is -0.393 e. The second-order valence-electron chi connectivity index (χ2n) is 10.9. The van der Waals surface area contributed by atoms with Crippen LogP contribution in [0.25, 0.3) is 22.3 Å². The second kappa shape index (κ2) is 8.54. The Morgan fingerprint density at radius 1 is 1.24 bits per heavy atom. The highest BCUT2D eigenvalue weighted by molar-refractivity contribution is 5.94. The van der Waals surface area contributed by atoms with E-state index in [1.165, 1.54) is 6.07 Å². The lowest BCUT2D eigenvalue weighted by Gasteiger charge is -2.32. The lowest BCUT2D eigenvalue weighted by atomic mass is 9.77. The number of aromatic nitrogens is 2. The van der Waals surface area contributed by atoms with Crippen LogP contribution in [0, 0.1) is 12.7 Å². The lowest BCUT2D eigenvalue weighted by Crippen LogP contribution is -2.43. The molecule has 8 nitrogen and oxygen atoms in total. The van der Waals surface area contributed by atoms with Gasteiger partial charge in [0.25, 0.3) is 5.56 Å². The first-order chi connectivity index (χ1) is 18.0. The van der Waals surface area contributed by atoms with Crippen molar-refractivity contribution in [2.24, 2.45) is 0 Å². The Hall–Kier alpha value is -3.43. The van der Waals surface area contributed by atoms with Crippen molar-refractivity contribution in [3.05, 3.63) is 61.7 Å². The van der Waals surface area contributed by atoms with Crippen LogP contribution in [0.5, 0.6) is 0 Å². The number of aryl methyl sites for hydroxylation is 1. The van der Waals surface area contributed by atoms with E-state index in [4.69, 9.17) is 4.98 Å². The van der Waals surface area contributed by atoms with Crippen LogP contribution in [-0.2, 0) is 34.6 Å². The minimum absolute atomic E-state index is 0.0434. The number of ketones is 1. The van der Waals surface area contributed by atoms with Gasteiger partial charge in [-0.15, -0.1) is 0 Å². The zero-order valence-electron chi connectivity index (χ0n) is 21.7. The molecule has 0 saturated heterocycles. The molecule has 2 aromatic heterocycles. The number of halogens is 1. The molecule has 0 saturated carbocycles. The molecule has 2 aliphatic carbocycles. The summed E-state index contributed by atoms with van der Waals surface area (Å²) in [4.78, 5) is 43.9. The molecule has 0 unspecified atom stereocenters. The van der Waals surface area contributed by atoms with Gasteiger partial charge >= 0.3 is 0 Å². The maximum Gasteiger partial charge on any atom is 0.254 e. The predicted octanol–water partition coefficient (Wildman–Crippen LogP) is 2.86. The molecule has 0 bridgehead atoms. The van der Waals surface area contributed by atoms with E-state index < -0.39 is 17.7 Å². The summed E-state index contributed by atoms with van der Waals surface area (Å²) in [6, 6.07) is 2.69. The molecule has 198 valence electrons. The van der Waals surface area contributed by atoms with E-state index in [9.17, 15) is 29.0 Å². The smallest absolute Gasteiger partial charge is 0.254 e. The predicted molar refractivity (Wildman–Crippen MR) is 138 cm³/mol. The lowest BCUT2D eigenvalue weighted by molar-refractivity contribution is -0.140. The molecule has 3 N–H and O–H groups in total. The largest absolute Gasteiger partial charge is 0.393 e. The van der Waals surface area contributed by atoms with Crippen LogP contribution in [-0.4, -0.2) is 37.6 Å². The number of Topliss-reactive ketones (excluding diaryl/α,β-unsaturated/α-hetero) is 1. The Morgan fingerprint density at radius 2 is 2.00 bits per heavy atom. The highest BCUT2D eigenvalue weighted by atomic mass is 19.1. The summed E-state index contributed by atoms with van der Waals surface area (Å²) in [5, 5.41) is 24.8. The van der Waals surface area contributed by atoms with Crippen LogP contribution < -0.4 is 10.9 Å². The van der Waals surface area contributed by atoms with Gasteiger partial charge in [-0.1, -0.05) is 6.92 Å². The van der Waals surface area contributed by atoms with Crippen molar-refractivity contribution in [3.8, 4) is 11.4 Å². The number of fused-ring (bicyclic) bond motifs is 5. The molecule has 1 aromatic carbocycles. The minimum atomic E-state index is -1.73. The van der Waals surface area contributed by atoms with Gasteiger partial charge in [0.2, 0.25) is 5.91 Å². The molecule has 3 aliphatic rings. The van der Waals surface area contributed by atoms with Crippen LogP contribution >= 0.6 is 0 Å². The third-order valence-electron chi connectivity index (χ3n) is 8.57. The average molecular weight is 520 g/mol. The molecule has 1 aliphatic heterocycles. The fraction of sp³-hybridized carbons (Fsp3) is 0.448. The van der Waals surface area contributed by atoms with Gasteiger partial charge < -0.3 is 20.1 Å². The first-order valence-electron chi connectivity index (χ1n) is 13.2. The van der Waals surface area contributed by atoms with Gasteiger partial charge in [0.05, 0.1) is 42.0 Å². The van der Waals surface area contributed by atoms with Crippen molar-refractivity contribution in [1.29, 1.82) is 0 Å². The molecule has 3 heterocycles. The third kappa shape index (κ3) is 3.41. The van der Waals surface area contributed by atoms with Crippen LogP contribution in [0.15, 0.2) is 16.9 Å². The quantitative estimate of drug-likeness (QED) is 0.381. The molecule has 3 atom stereocenters. The average Bonchev–Trinajstić information content (AvgIpc) is 3.24. The highest BCUT2D eigenvalue weighted by Crippen LogP contribution is 2.46. The van der Waals surface area contributed by atoms with Crippen molar-refractivity contribution in [3.63, 3.8) is 0 Å². The summed E-state index contributed by atoms with van der Waals surface area (Å²) >= 11 is 0. The number of amides is 1. The Balaban J connectivity index is 1.61. The maximum absolute atomic E-state index is 15.0. The fourth-order valence-electron chi connectivity index (χ4n) is 6.60. The molecule has 6 rings (SSSR count). The molecule has 0 spiro atoms. The summed E-state index contributed by atoms with van der Waals surface area (Å²) < 4.78 is 16.6. The third-order valence-corrected chi connectivity index (χ3v) is 8.57. The van der Waals surface area contributed by atoms with Gasteiger partial charge in [-0.3, -0.25) is 14.4 Å². The Morgan fingerprint density at radius 3 is 2.71 bits per heavy atom. The highest BCUT2D eigenvalue weighted by Gasteiger charge is 2.44. The van der Waals surface area contributed by atoms with Gasteiger partial charge in [-0.05, 0) is 62.3 Å². The monoisotopic (exact) mass is 519 g/mol. The van der Waals surface area contributed by atoms with Crippen LogP contribution in [0.4, 0.5) is 4.39 Å². The van der Waals surface area contributed by atoms with E-state index in [1.54, 1.807) is 31.4 Å². The zero-order chi connectivity index (χ0) is 27.1. The standard InChI is InChI=1S/C29H30FN3O5/c1-4-29(38)18-10-22-27-17(12-33(22)28(37)16(18)6-8-23(29)35)26-20(31-24(36)9-13(2)34)7-5-15-14(3)19(30)11-21(32-27)25(15)26/h10-11,13,20,34,38H,4-9,12H2,1-3H3,(H,31,36)/t13-,20+,29+/m1/s1. The van der Waals surface area contributed by atoms with Gasteiger partial charge in [0, 0.05) is 34.6 Å². The number of nitrogens with zero attached hydrogens (tertiary/aromatic N) is 2. The first-order valence-corrected chi connectivity index (χ1v) is 13.2. The van der Waals surface area contributed by atoms with Gasteiger partial charge in [-0.25, -0.2) is 9.37 Å². The van der Waals surface area contributed by atoms with E-state index in [1.807, 2.05) is 0 Å². The van der Waals surface area contributed by atoms with E-state index in [-0.39, 0.29) is 55.3 Å². The van der Waals surface area contributed by atoms with E-state index in [0.717, 1.165) is 22.1 Å². The van der Waals surface area contributed by atoms with E-state index in [0.29, 0.717) is 46.4 Å². The molecule has 3 aromatic rings. The van der Waals surface area contributed by atoms with Gasteiger partial charge in [0.15, 0.2) is 5.78 Å². The number of carbonyl (C=O) groups is 2. The molecule has 9 heteroatoms. The van der Waals surface area contributed by atoms with Crippen LogP contribution in [0.3, 0.4) is 0 Å². The summed E-state index contributed by atoms with van der Waals surface area (Å²) in [7, 11) is 0. The number of aliphatic hydroxyl groups is 2. The fourth-order valence-corrected chi connectivity index (χ4v) is 6.60. The number of carbonyl (C=O) groups excluding carboxylic acids is 2. The van der Waals surface area contributed by atoms with Crippen molar-refractivity contribution >= 4 is 22.6 Å². The summed E-state index contributed by atoms with van der Waals surface area (Å²) in [6.45, 7) is 5.24. The summed E-state index contributed by atoms with van der Waals surface area (Å²) in [6.07, 6.45) is 0.778. The first kappa shape index (κ1) is 24.9. The van der Waals surface area contributed by atoms with Gasteiger partial charge in [0.1, 0.15) is 11.4 Å². The van der Waals surface area contributed by atoms with Gasteiger partial charge in [-0.2, -0.15) is 0 Å². The number of benzene rings is 1. The number of aliphatic hydroxyl groups excluding tert-OH is 1. The molecular weight excluding hydrogens is 489 g/mol. The van der Waals surface area contributed by atoms with Crippen molar-refractivity contribution < 1.29 is 24.2 Å². The zero-order valence-corrected chi connectivity index (χ0v) is 21.7. The normalized spacial score (nSPS) is 22.2. The molecule has 0 radical (unpaired) electrons. The van der Waals surface area contributed by atoms with Crippen molar-refractivity contribution in [1.82, 2.24) is 14.9 Å². The van der Waals surface area contributed by atoms with Crippen molar-refractivity contribution in [2.75, 3.05) is 0 Å². The molecular formula is C29H30FN3O5. The Labute approximate surface area is 218 Å². The number of rotatable bonds is 4. The second-order valence-corrected chi connectivity index (χ2v) is 10.9. The SMILES string of the molecule is CC[C@@]1(O)C(=O)CCc2c1cc1n(c2=O)Cc2c-1nc1cc(F)c(C)c3c1c2[C@@H](NC(=O)C[C@@H](C)O)CC3. The number of hydrogen-bond acceptors (Lipinski definition) is 6. The number of nitrogens with one attached hydrogen (secondary N) is 1. The summed E-state index contributed by atoms with van der Waals surface area (Å²) in [5.74, 6) is -0.963. The molecule has 1 amide bonds. The van der Waals surface area contributed by atoms with E-state index >= 15 is 0 Å². The summed E-state index contributed by atoms with van der Waals surface area (Å²) in [5.41, 5.74) is 3.16. The van der Waals surface area contributed by atoms with Crippen LogP contribution in [0.2, 0.25) is 0 Å². The van der Waals surface area contributed by atoms with Crippen LogP contribution in [0.1, 0.15) is 79.0 Å². The Bertz CT molecular complexity index is 1630. The number of pyridine rings is 2. The Kier molecular flexibility index (Phi) is 5.59. The molecule has 38 heavy (non-hydrogen) atoms.